The Balaban J connectivity index is 1.60. The van der Waals surface area contributed by atoms with Crippen LogP contribution in [-0.2, 0) is 11.3 Å². The molecule has 0 aliphatic carbocycles. The molecule has 1 atom stereocenters. The molecule has 1 aromatic carbocycles. The molecule has 1 saturated heterocycles. The summed E-state index contributed by atoms with van der Waals surface area (Å²) in [5.74, 6) is 0.657. The van der Waals surface area contributed by atoms with Crippen molar-refractivity contribution in [2.45, 2.75) is 25.5 Å². The summed E-state index contributed by atoms with van der Waals surface area (Å²) in [7, 11) is 0. The summed E-state index contributed by atoms with van der Waals surface area (Å²) in [5.41, 5.74) is 1.27. The number of hydrogen-bond acceptors (Lipinski definition) is 4. The number of ether oxygens (including phenoxy) is 1. The standard InChI is InChI=1S/C20H20N2O3/c23-20(19-10-9-15-5-1-2-8-18(15)21-19)22(13-16-6-3-11-24-16)14-17-7-4-12-25-17/h1-3,5-6,8-11,17H,4,7,12-14H2/t17-/m1/s1. The highest BCUT2D eigenvalue weighted by Gasteiger charge is 2.25. The van der Waals surface area contributed by atoms with Crippen molar-refractivity contribution in [1.82, 2.24) is 9.88 Å². The predicted octanol–water partition coefficient (Wildman–Crippen LogP) is 3.65. The van der Waals surface area contributed by atoms with Crippen LogP contribution >= 0.6 is 0 Å². The van der Waals surface area contributed by atoms with Gasteiger partial charge >= 0.3 is 0 Å². The zero-order valence-corrected chi connectivity index (χ0v) is 13.9. The molecule has 1 amide bonds. The fourth-order valence-electron chi connectivity index (χ4n) is 3.19. The maximum atomic E-state index is 13.1. The Hall–Kier alpha value is -2.66. The first-order valence-electron chi connectivity index (χ1n) is 8.59. The van der Waals surface area contributed by atoms with Crippen LogP contribution in [0.15, 0.2) is 59.2 Å². The summed E-state index contributed by atoms with van der Waals surface area (Å²) in [6, 6.07) is 15.2. The number of furan rings is 1. The molecule has 5 heteroatoms. The lowest BCUT2D eigenvalue weighted by atomic mass is 10.1. The van der Waals surface area contributed by atoms with Crippen molar-refractivity contribution in [1.29, 1.82) is 0 Å². The minimum Gasteiger partial charge on any atom is -0.467 e. The number of carbonyl (C=O) groups excluding carboxylic acids is 1. The van der Waals surface area contributed by atoms with E-state index in [4.69, 9.17) is 9.15 Å². The molecule has 25 heavy (non-hydrogen) atoms. The summed E-state index contributed by atoms with van der Waals surface area (Å²) in [4.78, 5) is 19.4. The Labute approximate surface area is 146 Å². The van der Waals surface area contributed by atoms with Gasteiger partial charge in [0.25, 0.3) is 5.91 Å². The second-order valence-electron chi connectivity index (χ2n) is 6.29. The van der Waals surface area contributed by atoms with E-state index in [2.05, 4.69) is 4.98 Å². The van der Waals surface area contributed by atoms with Crippen LogP contribution in [-0.4, -0.2) is 35.0 Å². The average Bonchev–Trinajstić information content (AvgIpc) is 3.34. The van der Waals surface area contributed by atoms with Gasteiger partial charge in [0.15, 0.2) is 0 Å². The van der Waals surface area contributed by atoms with E-state index < -0.39 is 0 Å². The molecule has 0 N–H and O–H groups in total. The van der Waals surface area contributed by atoms with Crippen molar-refractivity contribution in [3.63, 3.8) is 0 Å². The largest absolute Gasteiger partial charge is 0.467 e. The van der Waals surface area contributed by atoms with E-state index in [1.165, 1.54) is 0 Å². The Morgan fingerprint density at radius 3 is 2.88 bits per heavy atom. The number of para-hydroxylation sites is 1. The second kappa shape index (κ2) is 7.07. The van der Waals surface area contributed by atoms with Crippen LogP contribution in [0.3, 0.4) is 0 Å². The number of aromatic nitrogens is 1. The van der Waals surface area contributed by atoms with Crippen LogP contribution in [0.5, 0.6) is 0 Å². The third kappa shape index (κ3) is 3.56. The average molecular weight is 336 g/mol. The molecule has 2 aromatic heterocycles. The quantitative estimate of drug-likeness (QED) is 0.714. The van der Waals surface area contributed by atoms with Crippen molar-refractivity contribution >= 4 is 16.8 Å². The number of pyridine rings is 1. The van der Waals surface area contributed by atoms with Crippen LogP contribution < -0.4 is 0 Å². The highest BCUT2D eigenvalue weighted by atomic mass is 16.5. The van der Waals surface area contributed by atoms with E-state index in [0.29, 0.717) is 18.8 Å². The van der Waals surface area contributed by atoms with E-state index in [1.54, 1.807) is 17.2 Å². The van der Waals surface area contributed by atoms with Crippen molar-refractivity contribution < 1.29 is 13.9 Å². The van der Waals surface area contributed by atoms with Gasteiger partial charge in [-0.2, -0.15) is 0 Å². The Kier molecular flexibility index (Phi) is 4.48. The topological polar surface area (TPSA) is 55.6 Å². The fraction of sp³-hybridized carbons (Fsp3) is 0.300. The molecule has 3 aromatic rings. The first kappa shape index (κ1) is 15.8. The Bertz CT molecular complexity index is 854. The molecule has 3 heterocycles. The van der Waals surface area contributed by atoms with E-state index in [1.807, 2.05) is 42.5 Å². The highest BCUT2D eigenvalue weighted by Crippen LogP contribution is 2.18. The lowest BCUT2D eigenvalue weighted by molar-refractivity contribution is 0.0487. The maximum absolute atomic E-state index is 13.1. The van der Waals surface area contributed by atoms with E-state index in [0.717, 1.165) is 36.1 Å². The Morgan fingerprint density at radius 1 is 1.16 bits per heavy atom. The van der Waals surface area contributed by atoms with Crippen LogP contribution in [0.4, 0.5) is 0 Å². The zero-order chi connectivity index (χ0) is 17.1. The van der Waals surface area contributed by atoms with Crippen LogP contribution in [0.2, 0.25) is 0 Å². The summed E-state index contributed by atoms with van der Waals surface area (Å²) in [6.45, 7) is 1.73. The first-order chi connectivity index (χ1) is 12.3. The summed E-state index contributed by atoms with van der Waals surface area (Å²) < 4.78 is 11.1. The lowest BCUT2D eigenvalue weighted by Crippen LogP contribution is -2.37. The van der Waals surface area contributed by atoms with Crippen molar-refractivity contribution in [2.75, 3.05) is 13.2 Å². The zero-order valence-electron chi connectivity index (χ0n) is 13.9. The van der Waals surface area contributed by atoms with Gasteiger partial charge in [-0.1, -0.05) is 24.3 Å². The minimum atomic E-state index is -0.0994. The van der Waals surface area contributed by atoms with Crippen LogP contribution in [0.25, 0.3) is 10.9 Å². The molecule has 0 spiro atoms. The molecule has 1 fully saturated rings. The van der Waals surface area contributed by atoms with Gasteiger partial charge in [0.1, 0.15) is 11.5 Å². The van der Waals surface area contributed by atoms with Crippen LogP contribution in [0, 0.1) is 0 Å². The fourth-order valence-corrected chi connectivity index (χ4v) is 3.19. The number of nitrogens with zero attached hydrogens (tertiary/aromatic N) is 2. The third-order valence-electron chi connectivity index (χ3n) is 4.48. The number of benzene rings is 1. The summed E-state index contributed by atoms with van der Waals surface area (Å²) >= 11 is 0. The Morgan fingerprint density at radius 2 is 2.08 bits per heavy atom. The van der Waals surface area contributed by atoms with Crippen molar-refractivity contribution in [2.24, 2.45) is 0 Å². The molecule has 0 unspecified atom stereocenters. The van der Waals surface area contributed by atoms with Crippen molar-refractivity contribution in [3.05, 3.63) is 66.2 Å². The number of amides is 1. The van der Waals surface area contributed by atoms with Gasteiger partial charge in [-0.25, -0.2) is 4.98 Å². The molecule has 128 valence electrons. The molecular formula is C20H20N2O3. The van der Waals surface area contributed by atoms with Gasteiger partial charge in [-0.05, 0) is 37.1 Å². The number of fused-ring (bicyclic) bond motifs is 1. The molecule has 1 aliphatic heterocycles. The first-order valence-corrected chi connectivity index (χ1v) is 8.59. The molecule has 4 rings (SSSR count). The summed E-state index contributed by atoms with van der Waals surface area (Å²) in [6.07, 6.45) is 3.73. The van der Waals surface area contributed by atoms with Gasteiger partial charge in [-0.3, -0.25) is 4.79 Å². The number of carbonyl (C=O) groups is 1. The van der Waals surface area contributed by atoms with Crippen LogP contribution in [0.1, 0.15) is 29.1 Å². The molecule has 5 nitrogen and oxygen atoms in total. The normalized spacial score (nSPS) is 17.0. The second-order valence-corrected chi connectivity index (χ2v) is 6.29. The minimum absolute atomic E-state index is 0.0827. The molecule has 0 saturated carbocycles. The highest BCUT2D eigenvalue weighted by molar-refractivity contribution is 5.94. The van der Waals surface area contributed by atoms with Crippen molar-refractivity contribution in [3.8, 4) is 0 Å². The predicted molar refractivity (Wildman–Crippen MR) is 94.2 cm³/mol. The van der Waals surface area contributed by atoms with E-state index in [9.17, 15) is 4.79 Å². The molecule has 0 bridgehead atoms. The van der Waals surface area contributed by atoms with E-state index >= 15 is 0 Å². The van der Waals surface area contributed by atoms with Gasteiger partial charge in [0, 0.05) is 18.5 Å². The van der Waals surface area contributed by atoms with Gasteiger partial charge in [0.2, 0.25) is 0 Å². The van der Waals surface area contributed by atoms with Gasteiger partial charge in [-0.15, -0.1) is 0 Å². The molecule has 1 aliphatic rings. The SMILES string of the molecule is O=C(c1ccc2ccccc2n1)N(Cc1ccco1)C[C@H]1CCCO1. The van der Waals surface area contributed by atoms with Gasteiger partial charge in [0.05, 0.1) is 24.4 Å². The molecular weight excluding hydrogens is 316 g/mol. The number of hydrogen-bond donors (Lipinski definition) is 0. The molecule has 0 radical (unpaired) electrons. The third-order valence-corrected chi connectivity index (χ3v) is 4.48. The maximum Gasteiger partial charge on any atom is 0.272 e. The van der Waals surface area contributed by atoms with E-state index in [-0.39, 0.29) is 12.0 Å². The smallest absolute Gasteiger partial charge is 0.272 e. The summed E-state index contributed by atoms with van der Waals surface area (Å²) in [5, 5.41) is 1.02. The number of rotatable bonds is 5. The monoisotopic (exact) mass is 336 g/mol. The van der Waals surface area contributed by atoms with Gasteiger partial charge < -0.3 is 14.1 Å². The lowest BCUT2D eigenvalue weighted by Gasteiger charge is -2.24.